The second kappa shape index (κ2) is 16.4. The molecule has 2 aromatic carbocycles. The molecule has 0 aliphatic rings. The molecule has 0 amide bonds. The zero-order valence-electron chi connectivity index (χ0n) is 19.5. The number of ether oxygens (including phenoxy) is 4. The van der Waals surface area contributed by atoms with Gasteiger partial charge in [0, 0.05) is 26.3 Å². The summed E-state index contributed by atoms with van der Waals surface area (Å²) >= 11 is 0. The van der Waals surface area contributed by atoms with E-state index in [1.807, 2.05) is 56.3 Å². The number of aliphatic imine (C=N–C) groups is 1. The third kappa shape index (κ3) is 9.95. The van der Waals surface area contributed by atoms with Crippen LogP contribution in [0.1, 0.15) is 31.4 Å². The fourth-order valence-corrected chi connectivity index (χ4v) is 2.89. The molecule has 0 radical (unpaired) electrons. The van der Waals surface area contributed by atoms with Crippen LogP contribution in [0.5, 0.6) is 17.2 Å². The average molecular weight is 557 g/mol. The smallest absolute Gasteiger partial charge is 0.191 e. The maximum absolute atomic E-state index is 5.67. The van der Waals surface area contributed by atoms with Gasteiger partial charge in [0.05, 0.1) is 27.4 Å². The van der Waals surface area contributed by atoms with E-state index in [2.05, 4.69) is 10.6 Å². The molecule has 2 N–H and O–H groups in total. The van der Waals surface area contributed by atoms with Crippen molar-refractivity contribution in [3.63, 3.8) is 0 Å². The van der Waals surface area contributed by atoms with Crippen LogP contribution in [0.4, 0.5) is 0 Å². The van der Waals surface area contributed by atoms with Crippen LogP contribution in [0.25, 0.3) is 0 Å². The van der Waals surface area contributed by atoms with Crippen molar-refractivity contribution in [2.75, 3.05) is 40.6 Å². The first-order valence-corrected chi connectivity index (χ1v) is 10.7. The van der Waals surface area contributed by atoms with Gasteiger partial charge in [0.2, 0.25) is 0 Å². The summed E-state index contributed by atoms with van der Waals surface area (Å²) in [6.07, 6.45) is 0.911. The van der Waals surface area contributed by atoms with Gasteiger partial charge >= 0.3 is 0 Å². The highest BCUT2D eigenvalue weighted by Gasteiger charge is 2.06. The van der Waals surface area contributed by atoms with Gasteiger partial charge in [0.25, 0.3) is 0 Å². The van der Waals surface area contributed by atoms with Gasteiger partial charge in [0.15, 0.2) is 17.5 Å². The van der Waals surface area contributed by atoms with E-state index in [4.69, 9.17) is 23.9 Å². The molecule has 178 valence electrons. The maximum atomic E-state index is 5.67. The van der Waals surface area contributed by atoms with Gasteiger partial charge in [-0.3, -0.25) is 0 Å². The molecule has 0 fully saturated rings. The maximum Gasteiger partial charge on any atom is 0.191 e. The topological polar surface area (TPSA) is 73.3 Å². The molecule has 0 aliphatic carbocycles. The molecule has 0 aromatic heterocycles. The molecule has 0 aliphatic heterocycles. The van der Waals surface area contributed by atoms with E-state index in [1.54, 1.807) is 14.2 Å². The van der Waals surface area contributed by atoms with Crippen LogP contribution in [0.15, 0.2) is 47.5 Å². The lowest BCUT2D eigenvalue weighted by molar-refractivity contribution is 0.145. The minimum atomic E-state index is 0. The molecule has 0 atom stereocenters. The normalized spacial score (nSPS) is 10.8. The summed E-state index contributed by atoms with van der Waals surface area (Å²) in [5.41, 5.74) is 2.19. The van der Waals surface area contributed by atoms with Gasteiger partial charge in [-0.2, -0.15) is 0 Å². The summed E-state index contributed by atoms with van der Waals surface area (Å²) in [6.45, 7) is 7.96. The van der Waals surface area contributed by atoms with Crippen molar-refractivity contribution in [1.29, 1.82) is 0 Å². The Morgan fingerprint density at radius 3 is 2.28 bits per heavy atom. The molecule has 0 unspecified atom stereocenters. The molecule has 0 saturated carbocycles. The van der Waals surface area contributed by atoms with E-state index in [1.165, 1.54) is 0 Å². The average Bonchev–Trinajstić information content (AvgIpc) is 2.81. The van der Waals surface area contributed by atoms with Gasteiger partial charge in [-0.15, -0.1) is 24.0 Å². The lowest BCUT2D eigenvalue weighted by atomic mass is 10.2. The molecule has 0 heterocycles. The van der Waals surface area contributed by atoms with Crippen molar-refractivity contribution in [1.82, 2.24) is 10.6 Å². The fourth-order valence-electron chi connectivity index (χ4n) is 2.89. The van der Waals surface area contributed by atoms with E-state index in [9.17, 15) is 0 Å². The van der Waals surface area contributed by atoms with Crippen LogP contribution in [0, 0.1) is 0 Å². The summed E-state index contributed by atoms with van der Waals surface area (Å²) in [7, 11) is 3.31. The number of rotatable bonds is 13. The molecule has 32 heavy (non-hydrogen) atoms. The van der Waals surface area contributed by atoms with Crippen LogP contribution in [0.2, 0.25) is 0 Å². The quantitative estimate of drug-likeness (QED) is 0.165. The van der Waals surface area contributed by atoms with Crippen molar-refractivity contribution >= 4 is 29.9 Å². The Labute approximate surface area is 208 Å². The summed E-state index contributed by atoms with van der Waals surface area (Å²) in [5, 5.41) is 6.78. The number of benzene rings is 2. The van der Waals surface area contributed by atoms with Gasteiger partial charge < -0.3 is 29.6 Å². The highest BCUT2D eigenvalue weighted by molar-refractivity contribution is 14.0. The first-order chi connectivity index (χ1) is 15.2. The Hall–Kier alpha value is -2.20. The van der Waals surface area contributed by atoms with Crippen molar-refractivity contribution in [2.24, 2.45) is 4.99 Å². The molecule has 0 spiro atoms. The lowest BCUT2D eigenvalue weighted by Crippen LogP contribution is -2.37. The number of nitrogens with one attached hydrogen (secondary N) is 2. The number of nitrogens with zero attached hydrogens (tertiary/aromatic N) is 1. The van der Waals surface area contributed by atoms with E-state index in [-0.39, 0.29) is 24.0 Å². The minimum Gasteiger partial charge on any atom is -0.497 e. The number of halogens is 1. The van der Waals surface area contributed by atoms with E-state index < -0.39 is 0 Å². The molecular weight excluding hydrogens is 521 g/mol. The standard InChI is InChI=1S/C24H35N3O4.HI/c1-5-30-15-7-14-25-24(26-17-19-8-11-21(28-3)12-9-19)27-18-20-10-13-22(29-4)23(16-20)31-6-2;/h8-13,16H,5-7,14-15,17-18H2,1-4H3,(H2,25,26,27);1H. The second-order valence-corrected chi connectivity index (χ2v) is 6.76. The Bertz CT molecular complexity index is 800. The van der Waals surface area contributed by atoms with Crippen molar-refractivity contribution < 1.29 is 18.9 Å². The lowest BCUT2D eigenvalue weighted by Gasteiger charge is -2.14. The van der Waals surface area contributed by atoms with Gasteiger partial charge in [-0.05, 0) is 55.7 Å². The highest BCUT2D eigenvalue weighted by Crippen LogP contribution is 2.28. The van der Waals surface area contributed by atoms with Crippen LogP contribution in [-0.2, 0) is 17.8 Å². The summed E-state index contributed by atoms with van der Waals surface area (Å²) < 4.78 is 21.7. The molecule has 0 bridgehead atoms. The minimum absolute atomic E-state index is 0. The highest BCUT2D eigenvalue weighted by atomic mass is 127. The summed E-state index contributed by atoms with van der Waals surface area (Å²) in [5.74, 6) is 3.05. The van der Waals surface area contributed by atoms with Gasteiger partial charge in [-0.25, -0.2) is 4.99 Å². The Kier molecular flexibility index (Phi) is 14.3. The third-order valence-corrected chi connectivity index (χ3v) is 4.53. The predicted octanol–water partition coefficient (Wildman–Crippen LogP) is 4.38. The second-order valence-electron chi connectivity index (χ2n) is 6.76. The monoisotopic (exact) mass is 557 g/mol. The van der Waals surface area contributed by atoms with E-state index >= 15 is 0 Å². The molecule has 0 saturated heterocycles. The first kappa shape index (κ1) is 27.8. The number of hydrogen-bond donors (Lipinski definition) is 2. The van der Waals surface area contributed by atoms with Crippen LogP contribution < -0.4 is 24.8 Å². The van der Waals surface area contributed by atoms with E-state index in [0.29, 0.717) is 19.7 Å². The molecule has 2 aromatic rings. The number of guanidine groups is 1. The number of methoxy groups -OCH3 is 2. The Morgan fingerprint density at radius 1 is 0.875 bits per heavy atom. The van der Waals surface area contributed by atoms with Crippen LogP contribution >= 0.6 is 24.0 Å². The zero-order valence-corrected chi connectivity index (χ0v) is 21.8. The van der Waals surface area contributed by atoms with Crippen molar-refractivity contribution in [3.8, 4) is 17.2 Å². The van der Waals surface area contributed by atoms with Crippen LogP contribution in [-0.4, -0.2) is 46.5 Å². The molecule has 7 nitrogen and oxygen atoms in total. The predicted molar refractivity (Wildman–Crippen MR) is 140 cm³/mol. The SMILES string of the molecule is CCOCCCNC(=NCc1ccc(OC)c(OCC)c1)NCc1ccc(OC)cc1.I. The Balaban J connectivity index is 0.00000512. The van der Waals surface area contributed by atoms with Gasteiger partial charge in [0.1, 0.15) is 5.75 Å². The largest absolute Gasteiger partial charge is 0.497 e. The van der Waals surface area contributed by atoms with Gasteiger partial charge in [-0.1, -0.05) is 18.2 Å². The first-order valence-electron chi connectivity index (χ1n) is 10.7. The van der Waals surface area contributed by atoms with Crippen molar-refractivity contribution in [2.45, 2.75) is 33.4 Å². The van der Waals surface area contributed by atoms with Crippen molar-refractivity contribution in [3.05, 3.63) is 53.6 Å². The summed E-state index contributed by atoms with van der Waals surface area (Å²) in [6, 6.07) is 13.9. The van der Waals surface area contributed by atoms with Crippen LogP contribution in [0.3, 0.4) is 0 Å². The fraction of sp³-hybridized carbons (Fsp3) is 0.458. The third-order valence-electron chi connectivity index (χ3n) is 4.53. The molecular formula is C24H36IN3O4. The Morgan fingerprint density at radius 2 is 1.62 bits per heavy atom. The zero-order chi connectivity index (χ0) is 22.3. The number of hydrogen-bond acceptors (Lipinski definition) is 5. The molecule has 8 heteroatoms. The molecule has 2 rings (SSSR count). The van der Waals surface area contributed by atoms with E-state index in [0.717, 1.165) is 60.5 Å². The summed E-state index contributed by atoms with van der Waals surface area (Å²) in [4.78, 5) is 4.75.